The Kier molecular flexibility index (Phi) is 4.91. The van der Waals surface area contributed by atoms with Gasteiger partial charge in [-0.05, 0) is 0 Å². The second kappa shape index (κ2) is 6.42. The molecule has 0 saturated heterocycles. The van der Waals surface area contributed by atoms with E-state index in [1.54, 1.807) is 0 Å². The number of hydrogen-bond acceptors (Lipinski definition) is 7. The minimum absolute atomic E-state index is 0.0142. The van der Waals surface area contributed by atoms with Crippen molar-refractivity contribution in [1.29, 1.82) is 0 Å². The van der Waals surface area contributed by atoms with E-state index in [4.69, 9.17) is 14.2 Å². The first kappa shape index (κ1) is 14.5. The molecule has 1 rings (SSSR count). The molecule has 102 valence electrons. The molecule has 0 atom stereocenters. The molecule has 0 radical (unpaired) electrons. The largest absolute Gasteiger partial charge is 0.493 e. The Labute approximate surface area is 109 Å². The van der Waals surface area contributed by atoms with Crippen molar-refractivity contribution in [3.8, 4) is 17.2 Å². The van der Waals surface area contributed by atoms with Crippen LogP contribution in [0.15, 0.2) is 11.1 Å². The third-order valence-corrected chi connectivity index (χ3v) is 2.37. The number of isocyanates is 1. The molecule has 0 spiro atoms. The molecule has 1 aromatic carbocycles. The Morgan fingerprint density at radius 1 is 1.11 bits per heavy atom. The van der Waals surface area contributed by atoms with Gasteiger partial charge in [0.15, 0.2) is 11.5 Å². The van der Waals surface area contributed by atoms with Gasteiger partial charge in [-0.15, -0.1) is 0 Å². The van der Waals surface area contributed by atoms with Crippen LogP contribution in [0.3, 0.4) is 0 Å². The fourth-order valence-electron chi connectivity index (χ4n) is 1.56. The minimum atomic E-state index is -0.687. The summed E-state index contributed by atoms with van der Waals surface area (Å²) in [4.78, 5) is 25.6. The van der Waals surface area contributed by atoms with Crippen LogP contribution in [0.1, 0.15) is 10.4 Å². The zero-order valence-corrected chi connectivity index (χ0v) is 11.0. The first-order valence-corrected chi connectivity index (χ1v) is 5.13. The van der Waals surface area contributed by atoms with Gasteiger partial charge in [0, 0.05) is 6.07 Å². The van der Waals surface area contributed by atoms with Crippen molar-refractivity contribution in [1.82, 2.24) is 0 Å². The van der Waals surface area contributed by atoms with E-state index in [0.717, 1.165) is 0 Å². The van der Waals surface area contributed by atoms with Crippen LogP contribution in [-0.2, 0) is 9.53 Å². The van der Waals surface area contributed by atoms with Gasteiger partial charge in [-0.1, -0.05) is 0 Å². The fourth-order valence-corrected chi connectivity index (χ4v) is 1.56. The molecule has 0 aliphatic carbocycles. The van der Waals surface area contributed by atoms with Crippen molar-refractivity contribution >= 4 is 17.7 Å². The molecule has 0 bridgehead atoms. The number of methoxy groups -OCH3 is 4. The Balaban J connectivity index is 3.72. The molecule has 19 heavy (non-hydrogen) atoms. The van der Waals surface area contributed by atoms with Gasteiger partial charge in [-0.2, -0.15) is 4.99 Å². The number of aliphatic imine (C=N–C) groups is 1. The van der Waals surface area contributed by atoms with Crippen LogP contribution < -0.4 is 14.2 Å². The van der Waals surface area contributed by atoms with E-state index < -0.39 is 5.97 Å². The third kappa shape index (κ3) is 2.66. The van der Waals surface area contributed by atoms with Crippen molar-refractivity contribution in [2.75, 3.05) is 28.4 Å². The van der Waals surface area contributed by atoms with Crippen LogP contribution in [-0.4, -0.2) is 40.5 Å². The van der Waals surface area contributed by atoms with E-state index in [-0.39, 0.29) is 28.5 Å². The van der Waals surface area contributed by atoms with Gasteiger partial charge in [0.2, 0.25) is 11.8 Å². The van der Waals surface area contributed by atoms with Gasteiger partial charge in [0.05, 0.1) is 34.0 Å². The molecule has 0 fully saturated rings. The number of esters is 1. The van der Waals surface area contributed by atoms with Crippen LogP contribution in [0, 0.1) is 0 Å². The van der Waals surface area contributed by atoms with Gasteiger partial charge in [0.1, 0.15) is 5.69 Å². The van der Waals surface area contributed by atoms with Crippen LogP contribution in [0.4, 0.5) is 5.69 Å². The summed E-state index contributed by atoms with van der Waals surface area (Å²) in [7, 11) is 5.36. The summed E-state index contributed by atoms with van der Waals surface area (Å²) in [5.41, 5.74) is -0.0117. The lowest BCUT2D eigenvalue weighted by atomic mass is 10.1. The summed E-state index contributed by atoms with van der Waals surface area (Å²) in [6.07, 6.45) is 1.36. The molecule has 1 aromatic rings. The normalized spacial score (nSPS) is 9.26. The maximum atomic E-state index is 11.7. The van der Waals surface area contributed by atoms with Crippen molar-refractivity contribution in [3.05, 3.63) is 11.6 Å². The first-order chi connectivity index (χ1) is 9.14. The number of rotatable bonds is 5. The number of carbonyl (C=O) groups is 1. The van der Waals surface area contributed by atoms with E-state index in [1.165, 1.54) is 40.6 Å². The fraction of sp³-hybridized carbons (Fsp3) is 0.333. The molecule has 0 amide bonds. The van der Waals surface area contributed by atoms with E-state index in [0.29, 0.717) is 0 Å². The SMILES string of the molecule is COC(=O)c1cc(OC)c(OC)c(OC)c1N=C=O. The minimum Gasteiger partial charge on any atom is -0.493 e. The molecular weight excluding hydrogens is 254 g/mol. The van der Waals surface area contributed by atoms with Gasteiger partial charge < -0.3 is 18.9 Å². The zero-order chi connectivity index (χ0) is 14.4. The third-order valence-electron chi connectivity index (χ3n) is 2.37. The summed E-state index contributed by atoms with van der Waals surface area (Å²) in [6, 6.07) is 1.35. The van der Waals surface area contributed by atoms with Gasteiger partial charge in [0.25, 0.3) is 0 Å². The predicted octanol–water partition coefficient (Wildman–Crippen LogP) is 1.47. The summed E-state index contributed by atoms with van der Waals surface area (Å²) in [5, 5.41) is 0. The molecule has 0 unspecified atom stereocenters. The number of nitrogens with zero attached hydrogens (tertiary/aromatic N) is 1. The van der Waals surface area contributed by atoms with Gasteiger partial charge in [-0.3, -0.25) is 0 Å². The van der Waals surface area contributed by atoms with E-state index in [1.807, 2.05) is 0 Å². The first-order valence-electron chi connectivity index (χ1n) is 5.13. The van der Waals surface area contributed by atoms with E-state index in [9.17, 15) is 9.59 Å². The lowest BCUT2D eigenvalue weighted by Crippen LogP contribution is -2.05. The van der Waals surface area contributed by atoms with Crippen LogP contribution in [0.5, 0.6) is 17.2 Å². The van der Waals surface area contributed by atoms with Crippen molar-refractivity contribution in [2.24, 2.45) is 4.99 Å². The predicted molar refractivity (Wildman–Crippen MR) is 65.2 cm³/mol. The molecule has 7 heteroatoms. The molecule has 0 heterocycles. The van der Waals surface area contributed by atoms with Crippen LogP contribution in [0.2, 0.25) is 0 Å². The highest BCUT2D eigenvalue weighted by Crippen LogP contribution is 2.46. The van der Waals surface area contributed by atoms with Gasteiger partial charge >= 0.3 is 5.97 Å². The molecule has 0 saturated carbocycles. The summed E-state index contributed by atoms with van der Waals surface area (Å²) in [6.45, 7) is 0. The lowest BCUT2D eigenvalue weighted by molar-refractivity contribution is 0.0601. The van der Waals surface area contributed by atoms with Crippen LogP contribution in [0.25, 0.3) is 0 Å². The molecular formula is C12H13NO6. The average molecular weight is 267 g/mol. The molecule has 0 aromatic heterocycles. The molecule has 0 aliphatic heterocycles. The number of hydrogen-bond donors (Lipinski definition) is 0. The smallest absolute Gasteiger partial charge is 0.340 e. The molecule has 0 aliphatic rings. The quantitative estimate of drug-likeness (QED) is 0.456. The number of benzene rings is 1. The lowest BCUT2D eigenvalue weighted by Gasteiger charge is -2.15. The highest BCUT2D eigenvalue weighted by Gasteiger charge is 2.24. The highest BCUT2D eigenvalue weighted by molar-refractivity contribution is 5.98. The summed E-state index contributed by atoms with van der Waals surface area (Å²) < 4.78 is 19.9. The van der Waals surface area contributed by atoms with Gasteiger partial charge in [-0.25, -0.2) is 9.59 Å². The Morgan fingerprint density at radius 3 is 2.16 bits per heavy atom. The van der Waals surface area contributed by atoms with Crippen molar-refractivity contribution in [2.45, 2.75) is 0 Å². The van der Waals surface area contributed by atoms with E-state index >= 15 is 0 Å². The summed E-state index contributed by atoms with van der Waals surface area (Å²) in [5.74, 6) is -0.130. The average Bonchev–Trinajstić information content (AvgIpc) is 2.45. The molecule has 0 N–H and O–H groups in total. The zero-order valence-electron chi connectivity index (χ0n) is 11.0. The highest BCUT2D eigenvalue weighted by atomic mass is 16.5. The Bertz CT molecular complexity index is 534. The second-order valence-corrected chi connectivity index (χ2v) is 3.24. The second-order valence-electron chi connectivity index (χ2n) is 3.24. The van der Waals surface area contributed by atoms with Crippen molar-refractivity contribution < 1.29 is 28.5 Å². The Hall–Kier alpha value is -2.53. The molecule has 7 nitrogen and oxygen atoms in total. The van der Waals surface area contributed by atoms with Crippen molar-refractivity contribution in [3.63, 3.8) is 0 Å². The Morgan fingerprint density at radius 2 is 1.74 bits per heavy atom. The number of carbonyl (C=O) groups excluding carboxylic acids is 2. The maximum Gasteiger partial charge on any atom is 0.340 e. The topological polar surface area (TPSA) is 83.4 Å². The van der Waals surface area contributed by atoms with Crippen LogP contribution >= 0.6 is 0 Å². The maximum absolute atomic E-state index is 11.7. The monoisotopic (exact) mass is 267 g/mol. The standard InChI is InChI=1S/C12H13NO6/c1-16-8-5-7(12(15)19-4)9(13-6-14)11(18-3)10(8)17-2/h5H,1-4H3. The summed E-state index contributed by atoms with van der Waals surface area (Å²) >= 11 is 0. The van der Waals surface area contributed by atoms with E-state index in [2.05, 4.69) is 9.73 Å². The number of ether oxygens (including phenoxy) is 4.